The summed E-state index contributed by atoms with van der Waals surface area (Å²) < 4.78 is 12.3. The highest BCUT2D eigenvalue weighted by molar-refractivity contribution is 5.95. The van der Waals surface area contributed by atoms with Crippen LogP contribution in [0.2, 0.25) is 0 Å². The largest absolute Gasteiger partial charge is 0.497 e. The van der Waals surface area contributed by atoms with Gasteiger partial charge in [0.25, 0.3) is 5.91 Å². The van der Waals surface area contributed by atoms with Gasteiger partial charge in [-0.15, -0.1) is 0 Å². The van der Waals surface area contributed by atoms with Gasteiger partial charge in [-0.3, -0.25) is 9.48 Å². The smallest absolute Gasteiger partial charge is 0.271 e. The molecule has 0 unspecified atom stereocenters. The highest BCUT2D eigenvalue weighted by Gasteiger charge is 2.07. The lowest BCUT2D eigenvalue weighted by Gasteiger charge is -2.07. The van der Waals surface area contributed by atoms with Crippen LogP contribution in [0.5, 0.6) is 11.5 Å². The highest BCUT2D eigenvalue weighted by atomic mass is 16.5. The third kappa shape index (κ3) is 4.72. The molecule has 1 heterocycles. The van der Waals surface area contributed by atoms with Crippen molar-refractivity contribution in [3.05, 3.63) is 77.6 Å². The first-order chi connectivity index (χ1) is 13.2. The number of nitrogens with zero attached hydrogens (tertiary/aromatic N) is 3. The second-order valence-electron chi connectivity index (χ2n) is 5.71. The first-order valence-electron chi connectivity index (χ1n) is 8.31. The second kappa shape index (κ2) is 8.66. The molecule has 0 bridgehead atoms. The molecular formula is C20H20N4O3. The quantitative estimate of drug-likeness (QED) is 0.516. The number of nitrogens with one attached hydrogen (secondary N) is 1. The van der Waals surface area contributed by atoms with Gasteiger partial charge in [0, 0.05) is 29.6 Å². The van der Waals surface area contributed by atoms with Crippen molar-refractivity contribution in [1.29, 1.82) is 0 Å². The average molecular weight is 364 g/mol. The topological polar surface area (TPSA) is 77.7 Å². The van der Waals surface area contributed by atoms with Crippen LogP contribution in [-0.2, 0) is 6.54 Å². The van der Waals surface area contributed by atoms with Crippen LogP contribution >= 0.6 is 0 Å². The first kappa shape index (κ1) is 18.2. The average Bonchev–Trinajstić information content (AvgIpc) is 3.21. The molecule has 0 atom stereocenters. The van der Waals surface area contributed by atoms with E-state index >= 15 is 0 Å². The van der Waals surface area contributed by atoms with Gasteiger partial charge < -0.3 is 9.47 Å². The van der Waals surface area contributed by atoms with Crippen molar-refractivity contribution in [3.8, 4) is 11.5 Å². The van der Waals surface area contributed by atoms with Crippen molar-refractivity contribution in [3.63, 3.8) is 0 Å². The standard InChI is InChI=1S/C20H20N4O3/c1-26-18-8-7-17(19(12-18)27-2)13-21-23-20(25)16-6-3-5-15(11-16)14-24-10-4-9-22-24/h3-13H,14H2,1-2H3,(H,23,25)/b21-13+. The summed E-state index contributed by atoms with van der Waals surface area (Å²) >= 11 is 0. The molecule has 3 rings (SSSR count). The van der Waals surface area contributed by atoms with Crippen LogP contribution in [0.25, 0.3) is 0 Å². The summed E-state index contributed by atoms with van der Waals surface area (Å²) in [5, 5.41) is 8.19. The van der Waals surface area contributed by atoms with Crippen LogP contribution in [0, 0.1) is 0 Å². The zero-order valence-corrected chi connectivity index (χ0v) is 15.1. The maximum Gasteiger partial charge on any atom is 0.271 e. The highest BCUT2D eigenvalue weighted by Crippen LogP contribution is 2.23. The fourth-order valence-electron chi connectivity index (χ4n) is 2.54. The third-order valence-corrected chi connectivity index (χ3v) is 3.90. The summed E-state index contributed by atoms with van der Waals surface area (Å²) in [5.41, 5.74) is 4.77. The van der Waals surface area contributed by atoms with Gasteiger partial charge in [-0.1, -0.05) is 12.1 Å². The zero-order valence-electron chi connectivity index (χ0n) is 15.1. The van der Waals surface area contributed by atoms with Crippen LogP contribution in [0.4, 0.5) is 0 Å². The van der Waals surface area contributed by atoms with Gasteiger partial charge >= 0.3 is 0 Å². The van der Waals surface area contributed by atoms with E-state index in [9.17, 15) is 4.79 Å². The molecule has 2 aromatic carbocycles. The molecule has 138 valence electrons. The normalized spacial score (nSPS) is 10.7. The van der Waals surface area contributed by atoms with Gasteiger partial charge in [-0.05, 0) is 35.9 Å². The van der Waals surface area contributed by atoms with Gasteiger partial charge in [0.05, 0.1) is 27.0 Å². The number of benzene rings is 2. The number of methoxy groups -OCH3 is 2. The Morgan fingerprint density at radius 1 is 1.19 bits per heavy atom. The summed E-state index contributed by atoms with van der Waals surface area (Å²) in [7, 11) is 3.15. The maximum atomic E-state index is 12.3. The summed E-state index contributed by atoms with van der Waals surface area (Å²) in [6.45, 7) is 0.598. The van der Waals surface area contributed by atoms with Crippen LogP contribution < -0.4 is 14.9 Å². The molecule has 0 aliphatic carbocycles. The van der Waals surface area contributed by atoms with Gasteiger partial charge in [0.1, 0.15) is 11.5 Å². The fraction of sp³-hybridized carbons (Fsp3) is 0.150. The molecule has 0 aliphatic rings. The van der Waals surface area contributed by atoms with E-state index < -0.39 is 0 Å². The Morgan fingerprint density at radius 2 is 2.07 bits per heavy atom. The SMILES string of the molecule is COc1ccc(/C=N/NC(=O)c2cccc(Cn3cccn3)c2)c(OC)c1. The summed E-state index contributed by atoms with van der Waals surface area (Å²) in [6, 6.07) is 14.6. The van der Waals surface area contributed by atoms with Crippen molar-refractivity contribution in [2.75, 3.05) is 14.2 Å². The number of hydrogen-bond donors (Lipinski definition) is 1. The van der Waals surface area contributed by atoms with Crippen molar-refractivity contribution >= 4 is 12.1 Å². The molecule has 7 heteroatoms. The maximum absolute atomic E-state index is 12.3. The summed E-state index contributed by atoms with van der Waals surface area (Å²) in [5.74, 6) is 0.997. The molecule has 27 heavy (non-hydrogen) atoms. The zero-order chi connectivity index (χ0) is 19.1. The van der Waals surface area contributed by atoms with Crippen LogP contribution in [0.15, 0.2) is 66.0 Å². The number of carbonyl (C=O) groups is 1. The molecular weight excluding hydrogens is 344 g/mol. The molecule has 0 aliphatic heterocycles. The number of hydrogen-bond acceptors (Lipinski definition) is 5. The number of hydrazone groups is 1. The Hall–Kier alpha value is -3.61. The van der Waals surface area contributed by atoms with E-state index in [0.717, 1.165) is 11.1 Å². The predicted octanol–water partition coefficient (Wildman–Crippen LogP) is 2.71. The number of rotatable bonds is 7. The molecule has 3 aromatic rings. The minimum atomic E-state index is -0.291. The van der Waals surface area contributed by atoms with Gasteiger partial charge in [0.15, 0.2) is 0 Å². The Labute approximate surface area is 157 Å². The second-order valence-corrected chi connectivity index (χ2v) is 5.71. The van der Waals surface area contributed by atoms with E-state index in [0.29, 0.717) is 23.6 Å². The van der Waals surface area contributed by atoms with E-state index in [1.54, 1.807) is 49.4 Å². The predicted molar refractivity (Wildman–Crippen MR) is 102 cm³/mol. The summed E-state index contributed by atoms with van der Waals surface area (Å²) in [6.07, 6.45) is 5.13. The molecule has 0 saturated carbocycles. The van der Waals surface area contributed by atoms with Crippen LogP contribution in [0.3, 0.4) is 0 Å². The van der Waals surface area contributed by atoms with E-state index in [2.05, 4.69) is 15.6 Å². The lowest BCUT2D eigenvalue weighted by atomic mass is 10.1. The van der Waals surface area contributed by atoms with Gasteiger partial charge in [0.2, 0.25) is 0 Å². The molecule has 0 spiro atoms. The Kier molecular flexibility index (Phi) is 5.84. The molecule has 1 amide bonds. The Morgan fingerprint density at radius 3 is 2.81 bits per heavy atom. The molecule has 0 fully saturated rings. The van der Waals surface area contributed by atoms with E-state index in [4.69, 9.17) is 9.47 Å². The lowest BCUT2D eigenvalue weighted by Crippen LogP contribution is -2.18. The Bertz CT molecular complexity index is 936. The van der Waals surface area contributed by atoms with Crippen molar-refractivity contribution < 1.29 is 14.3 Å². The van der Waals surface area contributed by atoms with E-state index in [-0.39, 0.29) is 5.91 Å². The Balaban J connectivity index is 1.66. The van der Waals surface area contributed by atoms with Crippen LogP contribution in [0.1, 0.15) is 21.5 Å². The molecule has 1 N–H and O–H groups in total. The van der Waals surface area contributed by atoms with E-state index in [1.165, 1.54) is 6.21 Å². The lowest BCUT2D eigenvalue weighted by molar-refractivity contribution is 0.0955. The molecule has 0 radical (unpaired) electrons. The number of amides is 1. The number of aromatic nitrogens is 2. The monoisotopic (exact) mass is 364 g/mol. The minimum absolute atomic E-state index is 0.291. The molecule has 0 saturated heterocycles. The van der Waals surface area contributed by atoms with Crippen molar-refractivity contribution in [2.45, 2.75) is 6.54 Å². The van der Waals surface area contributed by atoms with E-state index in [1.807, 2.05) is 30.5 Å². The van der Waals surface area contributed by atoms with Gasteiger partial charge in [-0.2, -0.15) is 10.2 Å². The number of carbonyl (C=O) groups excluding carboxylic acids is 1. The molecule has 7 nitrogen and oxygen atoms in total. The minimum Gasteiger partial charge on any atom is -0.497 e. The number of ether oxygens (including phenoxy) is 2. The fourth-order valence-corrected chi connectivity index (χ4v) is 2.54. The third-order valence-electron chi connectivity index (χ3n) is 3.90. The summed E-state index contributed by atoms with van der Waals surface area (Å²) in [4.78, 5) is 12.3. The van der Waals surface area contributed by atoms with Gasteiger partial charge in [-0.25, -0.2) is 5.43 Å². The first-order valence-corrected chi connectivity index (χ1v) is 8.31. The van der Waals surface area contributed by atoms with Crippen molar-refractivity contribution in [1.82, 2.24) is 15.2 Å². The molecule has 1 aromatic heterocycles. The van der Waals surface area contributed by atoms with Crippen LogP contribution in [-0.4, -0.2) is 36.1 Å². The van der Waals surface area contributed by atoms with Crippen molar-refractivity contribution in [2.24, 2.45) is 5.10 Å².